The van der Waals surface area contributed by atoms with Gasteiger partial charge in [0.2, 0.25) is 0 Å². The molecule has 2 heteroatoms. The Bertz CT molecular complexity index is 192. The van der Waals surface area contributed by atoms with Gasteiger partial charge in [0, 0.05) is 13.1 Å². The molecule has 1 N–H and O–H groups in total. The van der Waals surface area contributed by atoms with E-state index in [0.29, 0.717) is 5.41 Å². The fourth-order valence-corrected chi connectivity index (χ4v) is 2.32. The Morgan fingerprint density at radius 1 is 1.17 bits per heavy atom. The smallest absolute Gasteiger partial charge is 0.00443 e. The van der Waals surface area contributed by atoms with Gasteiger partial charge in [-0.2, -0.15) is 0 Å². The summed E-state index contributed by atoms with van der Waals surface area (Å²) < 4.78 is 0. The van der Waals surface area contributed by atoms with Crippen LogP contribution < -0.4 is 5.32 Å². The van der Waals surface area contributed by atoms with Gasteiger partial charge >= 0.3 is 0 Å². The van der Waals surface area contributed by atoms with Crippen molar-refractivity contribution in [3.63, 3.8) is 0 Å². The second-order valence-corrected chi connectivity index (χ2v) is 6.63. The van der Waals surface area contributed by atoms with E-state index in [0.717, 1.165) is 19.0 Å². The molecule has 0 saturated carbocycles. The van der Waals surface area contributed by atoms with Gasteiger partial charge in [-0.05, 0) is 44.3 Å². The first-order chi connectivity index (χ1) is 8.43. The minimum atomic E-state index is 0.413. The largest absolute Gasteiger partial charge is 0.316 e. The van der Waals surface area contributed by atoms with Gasteiger partial charge in [0.05, 0.1) is 0 Å². The summed E-state index contributed by atoms with van der Waals surface area (Å²) in [5, 5.41) is 3.62. The highest BCUT2D eigenvalue weighted by molar-refractivity contribution is 4.79. The Labute approximate surface area is 116 Å². The average Bonchev–Trinajstić information content (AvgIpc) is 2.28. The molecule has 0 aliphatic rings. The summed E-state index contributed by atoms with van der Waals surface area (Å²) in [5.41, 5.74) is 0.413. The van der Waals surface area contributed by atoms with E-state index in [1.54, 1.807) is 0 Å². The lowest BCUT2D eigenvalue weighted by atomic mass is 9.86. The van der Waals surface area contributed by atoms with Crippen LogP contribution in [0.3, 0.4) is 0 Å². The third kappa shape index (κ3) is 8.93. The van der Waals surface area contributed by atoms with Crippen LogP contribution >= 0.6 is 0 Å². The maximum absolute atomic E-state index is 3.62. The van der Waals surface area contributed by atoms with Crippen LogP contribution in [0, 0.1) is 11.3 Å². The third-order valence-electron chi connectivity index (χ3n) is 3.75. The molecule has 0 rings (SSSR count). The summed E-state index contributed by atoms with van der Waals surface area (Å²) in [7, 11) is 2.27. The zero-order valence-electron chi connectivity index (χ0n) is 13.7. The lowest BCUT2D eigenvalue weighted by Crippen LogP contribution is -2.41. The molecule has 0 aromatic rings. The molecule has 0 aromatic heterocycles. The van der Waals surface area contributed by atoms with Crippen LogP contribution in [0.15, 0.2) is 0 Å². The van der Waals surface area contributed by atoms with Crippen molar-refractivity contribution in [1.82, 2.24) is 10.2 Å². The Morgan fingerprint density at radius 2 is 1.83 bits per heavy atom. The van der Waals surface area contributed by atoms with Crippen LogP contribution in [-0.2, 0) is 0 Å². The molecule has 2 nitrogen and oxygen atoms in total. The van der Waals surface area contributed by atoms with Crippen LogP contribution in [-0.4, -0.2) is 38.1 Å². The van der Waals surface area contributed by atoms with E-state index in [9.17, 15) is 0 Å². The van der Waals surface area contributed by atoms with E-state index >= 15 is 0 Å². The average molecular weight is 256 g/mol. The van der Waals surface area contributed by atoms with Crippen molar-refractivity contribution in [2.24, 2.45) is 11.3 Å². The summed E-state index contributed by atoms with van der Waals surface area (Å²) in [6, 6.07) is 0. The summed E-state index contributed by atoms with van der Waals surface area (Å²) in [6.07, 6.45) is 5.26. The van der Waals surface area contributed by atoms with Crippen LogP contribution in [0.1, 0.15) is 60.3 Å². The highest BCUT2D eigenvalue weighted by Gasteiger charge is 2.23. The van der Waals surface area contributed by atoms with E-state index in [1.165, 1.54) is 38.8 Å². The number of nitrogens with one attached hydrogen (secondary N) is 1. The Hall–Kier alpha value is -0.0800. The van der Waals surface area contributed by atoms with Crippen molar-refractivity contribution < 1.29 is 0 Å². The molecular weight excluding hydrogens is 220 g/mol. The second-order valence-electron chi connectivity index (χ2n) is 6.63. The SMILES string of the molecule is CCCCCN(C)CC(C)(CC)CNCC(C)C. The number of hydrogen-bond donors (Lipinski definition) is 1. The van der Waals surface area contributed by atoms with Gasteiger partial charge < -0.3 is 10.2 Å². The quantitative estimate of drug-likeness (QED) is 0.566. The highest BCUT2D eigenvalue weighted by Crippen LogP contribution is 2.21. The number of rotatable bonds is 11. The Kier molecular flexibility index (Phi) is 9.76. The topological polar surface area (TPSA) is 15.3 Å². The van der Waals surface area contributed by atoms with Gasteiger partial charge in [0.25, 0.3) is 0 Å². The van der Waals surface area contributed by atoms with Crippen molar-refractivity contribution in [3.8, 4) is 0 Å². The van der Waals surface area contributed by atoms with Crippen LogP contribution in [0.2, 0.25) is 0 Å². The molecule has 0 aromatic carbocycles. The molecule has 110 valence electrons. The lowest BCUT2D eigenvalue weighted by Gasteiger charge is -2.33. The highest BCUT2D eigenvalue weighted by atomic mass is 15.1. The summed E-state index contributed by atoms with van der Waals surface area (Å²) in [6.45, 7) is 16.3. The molecule has 1 atom stereocenters. The number of unbranched alkanes of at least 4 members (excludes halogenated alkanes) is 2. The molecule has 0 spiro atoms. The normalized spacial score (nSPS) is 15.3. The van der Waals surface area contributed by atoms with Gasteiger partial charge in [-0.1, -0.05) is 47.5 Å². The Morgan fingerprint density at radius 3 is 2.33 bits per heavy atom. The standard InChI is InChI=1S/C16H36N2/c1-7-9-10-11-18(6)14-16(5,8-2)13-17-12-15(3)4/h15,17H,7-14H2,1-6H3. The van der Waals surface area contributed by atoms with Gasteiger partial charge in [-0.25, -0.2) is 0 Å². The zero-order chi connectivity index (χ0) is 14.0. The van der Waals surface area contributed by atoms with Crippen molar-refractivity contribution >= 4 is 0 Å². The molecule has 0 fully saturated rings. The first kappa shape index (κ1) is 17.9. The zero-order valence-corrected chi connectivity index (χ0v) is 13.7. The number of nitrogens with zero attached hydrogens (tertiary/aromatic N) is 1. The fraction of sp³-hybridized carbons (Fsp3) is 1.00. The monoisotopic (exact) mass is 256 g/mol. The van der Waals surface area contributed by atoms with E-state index in [-0.39, 0.29) is 0 Å². The molecule has 18 heavy (non-hydrogen) atoms. The maximum atomic E-state index is 3.62. The fourth-order valence-electron chi connectivity index (χ4n) is 2.32. The van der Waals surface area contributed by atoms with E-state index in [4.69, 9.17) is 0 Å². The first-order valence-electron chi connectivity index (χ1n) is 7.82. The molecule has 0 amide bonds. The summed E-state index contributed by atoms with van der Waals surface area (Å²) in [4.78, 5) is 2.51. The molecule has 0 radical (unpaired) electrons. The Balaban J connectivity index is 3.96. The van der Waals surface area contributed by atoms with Crippen LogP contribution in [0.25, 0.3) is 0 Å². The predicted molar refractivity (Wildman–Crippen MR) is 83.1 cm³/mol. The molecule has 0 bridgehead atoms. The van der Waals surface area contributed by atoms with Crippen molar-refractivity contribution in [1.29, 1.82) is 0 Å². The van der Waals surface area contributed by atoms with Crippen molar-refractivity contribution in [2.75, 3.05) is 33.2 Å². The summed E-state index contributed by atoms with van der Waals surface area (Å²) >= 11 is 0. The van der Waals surface area contributed by atoms with Crippen molar-refractivity contribution in [2.45, 2.75) is 60.3 Å². The van der Waals surface area contributed by atoms with Crippen molar-refractivity contribution in [3.05, 3.63) is 0 Å². The molecule has 0 heterocycles. The molecule has 0 aliphatic carbocycles. The van der Waals surface area contributed by atoms with E-state index < -0.39 is 0 Å². The minimum Gasteiger partial charge on any atom is -0.316 e. The minimum absolute atomic E-state index is 0.413. The molecule has 0 aliphatic heterocycles. The lowest BCUT2D eigenvalue weighted by molar-refractivity contribution is 0.177. The maximum Gasteiger partial charge on any atom is 0.00443 e. The van der Waals surface area contributed by atoms with Gasteiger partial charge in [0.15, 0.2) is 0 Å². The molecular formula is C16H36N2. The number of hydrogen-bond acceptors (Lipinski definition) is 2. The first-order valence-corrected chi connectivity index (χ1v) is 7.82. The third-order valence-corrected chi connectivity index (χ3v) is 3.75. The van der Waals surface area contributed by atoms with Gasteiger partial charge in [-0.3, -0.25) is 0 Å². The predicted octanol–water partition coefficient (Wildman–Crippen LogP) is 3.77. The molecule has 1 unspecified atom stereocenters. The van der Waals surface area contributed by atoms with E-state index in [1.807, 2.05) is 0 Å². The van der Waals surface area contributed by atoms with Crippen LogP contribution in [0.5, 0.6) is 0 Å². The van der Waals surface area contributed by atoms with E-state index in [2.05, 4.69) is 51.9 Å². The molecule has 0 saturated heterocycles. The van der Waals surface area contributed by atoms with Gasteiger partial charge in [0.1, 0.15) is 0 Å². The van der Waals surface area contributed by atoms with Crippen LogP contribution in [0.4, 0.5) is 0 Å². The summed E-state index contributed by atoms with van der Waals surface area (Å²) in [5.74, 6) is 0.744. The second kappa shape index (κ2) is 9.80. The van der Waals surface area contributed by atoms with Gasteiger partial charge in [-0.15, -0.1) is 0 Å².